The molecule has 0 unspecified atom stereocenters. The molecule has 0 aromatic rings. The van der Waals surface area contributed by atoms with Gasteiger partial charge in [0.05, 0.1) is 49.7 Å². The highest BCUT2D eigenvalue weighted by Crippen LogP contribution is 2.26. The lowest BCUT2D eigenvalue weighted by molar-refractivity contribution is -0.140. The van der Waals surface area contributed by atoms with Gasteiger partial charge in [-0.2, -0.15) is 12.6 Å². The van der Waals surface area contributed by atoms with Crippen LogP contribution in [0.4, 0.5) is 0 Å². The van der Waals surface area contributed by atoms with E-state index in [-0.39, 0.29) is 48.0 Å². The van der Waals surface area contributed by atoms with E-state index in [0.29, 0.717) is 43.7 Å². The summed E-state index contributed by atoms with van der Waals surface area (Å²) in [5.74, 6) is -0.111. The van der Waals surface area contributed by atoms with E-state index in [2.05, 4.69) is 37.1 Å². The van der Waals surface area contributed by atoms with E-state index in [9.17, 15) is 19.2 Å². The van der Waals surface area contributed by atoms with E-state index in [4.69, 9.17) is 36.1 Å². The third-order valence-electron chi connectivity index (χ3n) is 9.67. The lowest BCUT2D eigenvalue weighted by atomic mass is 9.88. The first-order valence-corrected chi connectivity index (χ1v) is 20.9. The molecule has 14 heteroatoms. The monoisotopic (exact) mass is 784 g/mol. The van der Waals surface area contributed by atoms with Crippen LogP contribution in [0.1, 0.15) is 131 Å². The van der Waals surface area contributed by atoms with Crippen molar-refractivity contribution in [3.05, 3.63) is 23.3 Å². The Hall–Kier alpha value is -2.49. The standard InChI is InChI=1S/C20H37N3O4.C20H36N2O4S/c1-4-16(5-2)27-18-13-15(12-17(22)19(18)23-14(3)24)20(25)26-11-9-7-6-8-10-21;1-4-16(5-2)26-18-13-15(12-17(21)19(18)22-14(3)23)20(24)25-10-8-6-7-9-11-27/h13,16-19H,4-12,21-22H2,1-3H3,(H,23,24);13,16-19,27H,4-12,21H2,1-3H3,(H,22,23)/t2*17-,18+,19+/m00/s1. The maximum Gasteiger partial charge on any atom is 0.333 e. The van der Waals surface area contributed by atoms with Crippen molar-refractivity contribution < 1.29 is 38.1 Å². The first kappa shape index (κ1) is 49.5. The van der Waals surface area contributed by atoms with Crippen molar-refractivity contribution in [2.24, 2.45) is 17.2 Å². The Morgan fingerprint density at radius 1 is 0.667 bits per heavy atom. The van der Waals surface area contributed by atoms with Crippen LogP contribution in [0.2, 0.25) is 0 Å². The highest BCUT2D eigenvalue weighted by atomic mass is 32.1. The van der Waals surface area contributed by atoms with Gasteiger partial charge in [-0.1, -0.05) is 53.4 Å². The molecule has 0 aromatic carbocycles. The molecule has 0 heterocycles. The van der Waals surface area contributed by atoms with Crippen molar-refractivity contribution in [3.63, 3.8) is 0 Å². The number of amides is 2. The first-order valence-electron chi connectivity index (χ1n) is 20.3. The molecule has 2 aliphatic rings. The van der Waals surface area contributed by atoms with Crippen molar-refractivity contribution in [3.8, 4) is 0 Å². The quantitative estimate of drug-likeness (QED) is 0.0455. The summed E-state index contributed by atoms with van der Waals surface area (Å²) in [5.41, 5.74) is 19.1. The normalized spacial score (nSPS) is 22.4. The highest BCUT2D eigenvalue weighted by molar-refractivity contribution is 7.80. The fraction of sp³-hybridized carbons (Fsp3) is 0.800. The molecule has 0 fully saturated rings. The Balaban J connectivity index is 0.000000540. The second-order valence-electron chi connectivity index (χ2n) is 14.3. The fourth-order valence-corrected chi connectivity index (χ4v) is 6.70. The van der Waals surface area contributed by atoms with Crippen molar-refractivity contribution in [2.75, 3.05) is 25.5 Å². The molecule has 0 bridgehead atoms. The molecule has 8 N–H and O–H groups in total. The van der Waals surface area contributed by atoms with Crippen LogP contribution in [0.5, 0.6) is 0 Å². The predicted octanol–water partition coefficient (Wildman–Crippen LogP) is 4.54. The summed E-state index contributed by atoms with van der Waals surface area (Å²) in [7, 11) is 0. The van der Waals surface area contributed by atoms with E-state index in [1.807, 2.05) is 13.8 Å². The van der Waals surface area contributed by atoms with Crippen molar-refractivity contribution in [1.29, 1.82) is 0 Å². The summed E-state index contributed by atoms with van der Waals surface area (Å²) in [6.45, 7) is 12.6. The number of hydrogen-bond donors (Lipinski definition) is 6. The van der Waals surface area contributed by atoms with Gasteiger partial charge in [0.15, 0.2) is 0 Å². The number of unbranched alkanes of at least 4 members (excludes halogenated alkanes) is 6. The number of hydrogen-bond acceptors (Lipinski definition) is 12. The Kier molecular flexibility index (Phi) is 26.5. The molecule has 0 saturated carbocycles. The molecule has 2 rings (SSSR count). The summed E-state index contributed by atoms with van der Waals surface area (Å²) in [6, 6.07) is -1.49. The zero-order valence-corrected chi connectivity index (χ0v) is 34.8. The van der Waals surface area contributed by atoms with Gasteiger partial charge < -0.3 is 46.8 Å². The maximum absolute atomic E-state index is 12.4. The number of carbonyl (C=O) groups excluding carboxylic acids is 4. The molecule has 13 nitrogen and oxygen atoms in total. The summed E-state index contributed by atoms with van der Waals surface area (Å²) < 4.78 is 23.1. The number of rotatable bonds is 24. The number of esters is 2. The molecular weight excluding hydrogens is 711 g/mol. The van der Waals surface area contributed by atoms with Gasteiger partial charge in [0.2, 0.25) is 11.8 Å². The second-order valence-corrected chi connectivity index (χ2v) is 14.7. The van der Waals surface area contributed by atoms with Crippen LogP contribution in [0.25, 0.3) is 0 Å². The molecule has 2 amide bonds. The van der Waals surface area contributed by atoms with Gasteiger partial charge in [0, 0.05) is 37.1 Å². The van der Waals surface area contributed by atoms with E-state index in [1.54, 1.807) is 12.2 Å². The number of thiol groups is 1. The van der Waals surface area contributed by atoms with Crippen molar-refractivity contribution in [1.82, 2.24) is 10.6 Å². The van der Waals surface area contributed by atoms with Gasteiger partial charge in [0.1, 0.15) is 0 Å². The maximum atomic E-state index is 12.4. The molecule has 54 heavy (non-hydrogen) atoms. The molecule has 0 saturated heterocycles. The first-order chi connectivity index (χ1) is 25.8. The minimum absolute atomic E-state index is 0.0487. The van der Waals surface area contributed by atoms with Gasteiger partial charge in [-0.15, -0.1) is 0 Å². The Labute approximate surface area is 330 Å². The molecule has 312 valence electrons. The second kappa shape index (κ2) is 28.9. The molecule has 0 spiro atoms. The average Bonchev–Trinajstić information content (AvgIpc) is 3.14. The largest absolute Gasteiger partial charge is 0.462 e. The summed E-state index contributed by atoms with van der Waals surface area (Å²) >= 11 is 4.19. The van der Waals surface area contributed by atoms with Crippen molar-refractivity contribution in [2.45, 2.75) is 180 Å². The average molecular weight is 784 g/mol. The number of carbonyl (C=O) groups is 4. The zero-order chi connectivity index (χ0) is 40.5. The number of nitrogens with two attached hydrogens (primary N) is 3. The van der Waals surface area contributed by atoms with Gasteiger partial charge in [-0.25, -0.2) is 9.59 Å². The summed E-state index contributed by atoms with van der Waals surface area (Å²) in [5, 5.41) is 5.75. The zero-order valence-electron chi connectivity index (χ0n) is 33.9. The van der Waals surface area contributed by atoms with Crippen LogP contribution in [-0.2, 0) is 38.1 Å². The molecule has 2 aliphatic carbocycles. The molecule has 0 radical (unpaired) electrons. The lowest BCUT2D eigenvalue weighted by Crippen LogP contribution is -2.57. The van der Waals surface area contributed by atoms with Crippen LogP contribution < -0.4 is 27.8 Å². The van der Waals surface area contributed by atoms with Crippen LogP contribution in [0.3, 0.4) is 0 Å². The van der Waals surface area contributed by atoms with Gasteiger partial charge >= 0.3 is 11.9 Å². The summed E-state index contributed by atoms with van der Waals surface area (Å²) in [6.07, 6.45) is 14.9. The number of nitrogens with one attached hydrogen (secondary N) is 2. The third-order valence-corrected chi connectivity index (χ3v) is 9.99. The van der Waals surface area contributed by atoms with Gasteiger partial charge in [-0.05, 0) is 88.7 Å². The minimum Gasteiger partial charge on any atom is -0.462 e. The van der Waals surface area contributed by atoms with Crippen LogP contribution >= 0.6 is 12.6 Å². The minimum atomic E-state index is -0.436. The fourth-order valence-electron chi connectivity index (χ4n) is 6.48. The third kappa shape index (κ3) is 19.4. The topological polar surface area (TPSA) is 207 Å². The van der Waals surface area contributed by atoms with E-state index in [0.717, 1.165) is 82.8 Å². The Morgan fingerprint density at radius 3 is 1.37 bits per heavy atom. The van der Waals surface area contributed by atoms with Crippen molar-refractivity contribution >= 4 is 36.4 Å². The van der Waals surface area contributed by atoms with Gasteiger partial charge in [0.25, 0.3) is 0 Å². The molecular formula is C40H73N5O8S. The number of ether oxygens (including phenoxy) is 4. The van der Waals surface area contributed by atoms with E-state index in [1.165, 1.54) is 13.8 Å². The van der Waals surface area contributed by atoms with Crippen LogP contribution in [0, 0.1) is 0 Å². The van der Waals surface area contributed by atoms with Crippen LogP contribution in [0.15, 0.2) is 23.3 Å². The summed E-state index contributed by atoms with van der Waals surface area (Å²) in [4.78, 5) is 48.0. The smallest absolute Gasteiger partial charge is 0.333 e. The SMILES string of the molecule is CCC(CC)O[C@@H]1C=C(C(=O)OCCCCCCN)C[C@H](N)[C@H]1NC(C)=O.CCC(CC)O[C@@H]1C=C(C(=O)OCCCCCCS)C[C@H](N)[C@H]1NC(C)=O. The van der Waals surface area contributed by atoms with Gasteiger partial charge in [-0.3, -0.25) is 9.59 Å². The Bertz CT molecular complexity index is 1080. The molecule has 0 aromatic heterocycles. The lowest BCUT2D eigenvalue weighted by Gasteiger charge is -2.36. The molecule has 6 atom stereocenters. The van der Waals surface area contributed by atoms with E-state index < -0.39 is 24.3 Å². The Morgan fingerprint density at radius 2 is 1.04 bits per heavy atom. The van der Waals surface area contributed by atoms with Crippen LogP contribution in [-0.4, -0.2) is 97.8 Å². The highest BCUT2D eigenvalue weighted by Gasteiger charge is 2.37. The predicted molar refractivity (Wildman–Crippen MR) is 217 cm³/mol. The molecule has 0 aliphatic heterocycles. The van der Waals surface area contributed by atoms with E-state index >= 15 is 0 Å².